The monoisotopic (exact) mass is 611 g/mol. The van der Waals surface area contributed by atoms with Gasteiger partial charge in [-0.05, 0) is 55.2 Å². The summed E-state index contributed by atoms with van der Waals surface area (Å²) in [5.74, 6) is -0.190. The van der Waals surface area contributed by atoms with E-state index >= 15 is 0 Å². The van der Waals surface area contributed by atoms with Gasteiger partial charge in [0, 0.05) is 12.8 Å². The summed E-state index contributed by atoms with van der Waals surface area (Å²) >= 11 is 0. The molecule has 0 radical (unpaired) electrons. The molecule has 1 aromatic rings. The largest absolute Gasteiger partial charge is 0.513 e. The van der Waals surface area contributed by atoms with Crippen LogP contribution in [0.15, 0.2) is 18.2 Å². The molecule has 0 aliphatic rings. The molecule has 0 bridgehead atoms. The van der Waals surface area contributed by atoms with Gasteiger partial charge in [0.2, 0.25) is 0 Å². The Kier molecular flexibility index (Phi) is 16.5. The van der Waals surface area contributed by atoms with E-state index in [4.69, 9.17) is 38.9 Å². The van der Waals surface area contributed by atoms with Crippen LogP contribution >= 0.6 is 0 Å². The zero-order valence-corrected chi connectivity index (χ0v) is 26.8. The second-order valence-corrected chi connectivity index (χ2v) is 11.6. The molecule has 0 fully saturated rings. The standard InChI is InChI=1S/C31H49NO11/c1-9-22(6)19-40-30(36)41-23(7)17-31(32,27(33)37-8)18-24-10-11-25(42-28(34)38-14-12-20(2)3)26(16-24)43-29(35)39-15-13-21(4)5/h10-11,16,20-23H,9,12-15,17-19,32H2,1-8H3/t22?,23-,31?/m0/s1. The quantitative estimate of drug-likeness (QED) is 0.121. The summed E-state index contributed by atoms with van der Waals surface area (Å²) in [6.07, 6.45) is -1.75. The molecule has 3 atom stereocenters. The van der Waals surface area contributed by atoms with E-state index in [1.807, 2.05) is 41.5 Å². The minimum Gasteiger partial charge on any atom is -0.468 e. The van der Waals surface area contributed by atoms with E-state index in [9.17, 15) is 19.2 Å². The maximum Gasteiger partial charge on any atom is 0.513 e. The van der Waals surface area contributed by atoms with Crippen molar-refractivity contribution in [1.82, 2.24) is 0 Å². The van der Waals surface area contributed by atoms with Gasteiger partial charge in [0.1, 0.15) is 11.6 Å². The lowest BCUT2D eigenvalue weighted by molar-refractivity contribution is -0.148. The molecule has 2 N–H and O–H groups in total. The molecule has 43 heavy (non-hydrogen) atoms. The van der Waals surface area contributed by atoms with Gasteiger partial charge < -0.3 is 38.9 Å². The Morgan fingerprint density at radius 2 is 1.37 bits per heavy atom. The van der Waals surface area contributed by atoms with Crippen molar-refractivity contribution in [2.75, 3.05) is 26.9 Å². The highest BCUT2D eigenvalue weighted by Gasteiger charge is 2.38. The highest BCUT2D eigenvalue weighted by molar-refractivity contribution is 5.81. The summed E-state index contributed by atoms with van der Waals surface area (Å²) in [5, 5.41) is 0. The van der Waals surface area contributed by atoms with Gasteiger partial charge in [-0.25, -0.2) is 14.4 Å². The fraction of sp³-hybridized carbons (Fsp3) is 0.677. The summed E-state index contributed by atoms with van der Waals surface area (Å²) in [5.41, 5.74) is 5.30. The Bertz CT molecular complexity index is 1040. The number of rotatable bonds is 17. The van der Waals surface area contributed by atoms with Crippen LogP contribution in [0.5, 0.6) is 11.5 Å². The fourth-order valence-corrected chi connectivity index (χ4v) is 3.70. The number of ether oxygens (including phenoxy) is 7. The Labute approximate surface area is 254 Å². The second kappa shape index (κ2) is 18.9. The molecule has 1 aromatic carbocycles. The summed E-state index contributed by atoms with van der Waals surface area (Å²) in [6.45, 7) is 13.9. The van der Waals surface area contributed by atoms with Gasteiger partial charge in [0.25, 0.3) is 0 Å². The van der Waals surface area contributed by atoms with Crippen LogP contribution in [0.4, 0.5) is 14.4 Å². The van der Waals surface area contributed by atoms with E-state index in [1.165, 1.54) is 19.2 Å². The van der Waals surface area contributed by atoms with Crippen LogP contribution in [0, 0.1) is 17.8 Å². The van der Waals surface area contributed by atoms with Gasteiger partial charge in [-0.1, -0.05) is 54.0 Å². The van der Waals surface area contributed by atoms with E-state index in [2.05, 4.69) is 0 Å². The molecule has 0 heterocycles. The summed E-state index contributed by atoms with van der Waals surface area (Å²) < 4.78 is 36.3. The number of methoxy groups -OCH3 is 1. The third-order valence-corrected chi connectivity index (χ3v) is 6.47. The topological polar surface area (TPSA) is 159 Å². The molecule has 244 valence electrons. The molecule has 12 heteroatoms. The lowest BCUT2D eigenvalue weighted by Gasteiger charge is -2.29. The van der Waals surface area contributed by atoms with Crippen LogP contribution in [0.1, 0.15) is 79.7 Å². The first-order valence-electron chi connectivity index (χ1n) is 14.7. The molecule has 0 aliphatic heterocycles. The average Bonchev–Trinajstić information content (AvgIpc) is 2.91. The van der Waals surface area contributed by atoms with Gasteiger partial charge in [-0.2, -0.15) is 0 Å². The Morgan fingerprint density at radius 3 is 1.88 bits per heavy atom. The highest BCUT2D eigenvalue weighted by Crippen LogP contribution is 2.32. The normalized spacial score (nSPS) is 13.8. The maximum atomic E-state index is 12.8. The maximum absolute atomic E-state index is 12.8. The second-order valence-electron chi connectivity index (χ2n) is 11.6. The zero-order chi connectivity index (χ0) is 32.6. The van der Waals surface area contributed by atoms with E-state index in [-0.39, 0.29) is 50.1 Å². The minimum atomic E-state index is -1.64. The van der Waals surface area contributed by atoms with Crippen LogP contribution < -0.4 is 15.2 Å². The third-order valence-electron chi connectivity index (χ3n) is 6.47. The van der Waals surface area contributed by atoms with Crippen molar-refractivity contribution in [2.24, 2.45) is 23.5 Å². The molecule has 0 saturated carbocycles. The number of carbonyl (C=O) groups is 4. The number of hydrogen-bond acceptors (Lipinski definition) is 12. The SMILES string of the molecule is CCC(C)COC(=O)O[C@@H](C)CC(N)(Cc1ccc(OC(=O)OCCC(C)C)c(OC(=O)OCCC(C)C)c1)C(=O)OC. The number of nitrogens with two attached hydrogens (primary N) is 1. The van der Waals surface area contributed by atoms with Crippen molar-refractivity contribution < 1.29 is 52.3 Å². The van der Waals surface area contributed by atoms with E-state index in [1.54, 1.807) is 13.0 Å². The average molecular weight is 612 g/mol. The van der Waals surface area contributed by atoms with E-state index in [0.29, 0.717) is 30.2 Å². The van der Waals surface area contributed by atoms with Crippen LogP contribution in [-0.4, -0.2) is 63.0 Å². The molecular weight excluding hydrogens is 562 g/mol. The zero-order valence-electron chi connectivity index (χ0n) is 26.8. The van der Waals surface area contributed by atoms with Crippen LogP contribution in [0.2, 0.25) is 0 Å². The van der Waals surface area contributed by atoms with Crippen molar-refractivity contribution in [1.29, 1.82) is 0 Å². The highest BCUT2D eigenvalue weighted by atomic mass is 16.7. The Balaban J connectivity index is 3.15. The number of benzene rings is 1. The van der Waals surface area contributed by atoms with E-state index < -0.39 is 36.1 Å². The minimum absolute atomic E-state index is 0.0967. The van der Waals surface area contributed by atoms with Gasteiger partial charge in [-0.15, -0.1) is 0 Å². The first-order valence-corrected chi connectivity index (χ1v) is 14.7. The molecular formula is C31H49NO11. The molecule has 0 aliphatic carbocycles. The van der Waals surface area contributed by atoms with Crippen molar-refractivity contribution >= 4 is 24.4 Å². The number of carbonyl (C=O) groups excluding carboxylic acids is 4. The molecule has 0 saturated heterocycles. The number of hydrogen-bond donors (Lipinski definition) is 1. The van der Waals surface area contributed by atoms with E-state index in [0.717, 1.165) is 6.42 Å². The first kappa shape index (κ1) is 37.5. The van der Waals surface area contributed by atoms with Crippen molar-refractivity contribution in [3.05, 3.63) is 23.8 Å². The summed E-state index contributed by atoms with van der Waals surface area (Å²) in [6, 6.07) is 4.33. The third kappa shape index (κ3) is 15.0. The van der Waals surface area contributed by atoms with Crippen molar-refractivity contribution in [3.8, 4) is 11.5 Å². The Morgan fingerprint density at radius 1 is 0.814 bits per heavy atom. The lowest BCUT2D eigenvalue weighted by Crippen LogP contribution is -2.53. The predicted molar refractivity (Wildman–Crippen MR) is 158 cm³/mol. The number of esters is 1. The Hall–Kier alpha value is -3.54. The molecule has 0 amide bonds. The van der Waals surface area contributed by atoms with Gasteiger partial charge in [-0.3, -0.25) is 4.79 Å². The summed E-state index contributed by atoms with van der Waals surface area (Å²) in [7, 11) is 1.19. The first-order chi connectivity index (χ1) is 20.2. The van der Waals surface area contributed by atoms with Crippen LogP contribution in [0.3, 0.4) is 0 Å². The smallest absolute Gasteiger partial charge is 0.468 e. The van der Waals surface area contributed by atoms with Crippen LogP contribution in [0.25, 0.3) is 0 Å². The lowest BCUT2D eigenvalue weighted by atomic mass is 9.86. The van der Waals surface area contributed by atoms with Gasteiger partial charge >= 0.3 is 24.4 Å². The molecule has 0 spiro atoms. The van der Waals surface area contributed by atoms with Gasteiger partial charge in [0.15, 0.2) is 11.5 Å². The van der Waals surface area contributed by atoms with Crippen molar-refractivity contribution in [2.45, 2.75) is 92.2 Å². The van der Waals surface area contributed by atoms with Crippen LogP contribution in [-0.2, 0) is 34.9 Å². The molecule has 1 rings (SSSR count). The van der Waals surface area contributed by atoms with Crippen molar-refractivity contribution in [3.63, 3.8) is 0 Å². The predicted octanol–water partition coefficient (Wildman–Crippen LogP) is 6.20. The molecule has 0 aromatic heterocycles. The summed E-state index contributed by atoms with van der Waals surface area (Å²) in [4.78, 5) is 49.6. The fourth-order valence-electron chi connectivity index (χ4n) is 3.70. The van der Waals surface area contributed by atoms with Gasteiger partial charge in [0.05, 0.1) is 26.9 Å². The molecule has 12 nitrogen and oxygen atoms in total. The molecule has 2 unspecified atom stereocenters.